The lowest BCUT2D eigenvalue weighted by Crippen LogP contribution is -2.22. The van der Waals surface area contributed by atoms with E-state index in [0.717, 1.165) is 0 Å². The van der Waals surface area contributed by atoms with Crippen LogP contribution in [-0.4, -0.2) is 33.0 Å². The molecule has 0 radical (unpaired) electrons. The van der Waals surface area contributed by atoms with Gasteiger partial charge in [0.05, 0.1) is 0 Å². The quantitative estimate of drug-likeness (QED) is 0.288. The highest BCUT2D eigenvalue weighted by Crippen LogP contribution is 2.19. The molecule has 0 rings (SSSR count). The van der Waals surface area contributed by atoms with Crippen molar-refractivity contribution in [2.24, 2.45) is 0 Å². The Morgan fingerprint density at radius 1 is 1.27 bits per heavy atom. The fourth-order valence-electron chi connectivity index (χ4n) is 0.608. The summed E-state index contributed by atoms with van der Waals surface area (Å²) in [6.07, 6.45) is 0. The minimum absolute atomic E-state index is 0.0630. The lowest BCUT2D eigenvalue weighted by atomic mass is 9.73. The van der Waals surface area contributed by atoms with Gasteiger partial charge in [0.1, 0.15) is 21.1 Å². The van der Waals surface area contributed by atoms with E-state index < -0.39 is 11.3 Å². The maximum atomic E-state index is 11.3. The number of carbonyl (C=O) groups excluding carboxylic acids is 2. The van der Waals surface area contributed by atoms with Crippen LogP contribution in [-0.2, 0) is 19.1 Å². The first-order valence-electron chi connectivity index (χ1n) is 4.75. The summed E-state index contributed by atoms with van der Waals surface area (Å²) in [7, 11) is 1.76. The molecule has 15 heavy (non-hydrogen) atoms. The Hall–Kier alpha value is -1.26. The first-order valence-corrected chi connectivity index (χ1v) is 4.75. The molecule has 0 aromatic rings. The van der Waals surface area contributed by atoms with E-state index in [4.69, 9.17) is 9.47 Å². The van der Waals surface area contributed by atoms with Gasteiger partial charge in [-0.1, -0.05) is 20.4 Å². The summed E-state index contributed by atoms with van der Waals surface area (Å²) in [5.74, 6) is -0.782. The van der Waals surface area contributed by atoms with Crippen molar-refractivity contribution >= 4 is 19.8 Å². The minimum Gasteiger partial charge on any atom is -0.462 e. The lowest BCUT2D eigenvalue weighted by molar-refractivity contribution is -0.151. The molecule has 0 fully saturated rings. The predicted octanol–water partition coefficient (Wildman–Crippen LogP) is 0.480. The van der Waals surface area contributed by atoms with Crippen LogP contribution in [0.5, 0.6) is 0 Å². The molecule has 84 valence electrons. The lowest BCUT2D eigenvalue weighted by Gasteiger charge is -2.16. The third kappa shape index (κ3) is 5.94. The Labute approximate surface area is 91.0 Å². The van der Waals surface area contributed by atoms with E-state index in [1.165, 1.54) is 0 Å². The molecule has 0 heterocycles. The van der Waals surface area contributed by atoms with Crippen molar-refractivity contribution in [3.63, 3.8) is 0 Å². The van der Waals surface area contributed by atoms with E-state index >= 15 is 0 Å². The van der Waals surface area contributed by atoms with Crippen LogP contribution in [0.4, 0.5) is 0 Å². The van der Waals surface area contributed by atoms with Gasteiger partial charge in [0.2, 0.25) is 0 Å². The minimum atomic E-state index is -0.529. The second-order valence-electron chi connectivity index (χ2n) is 4.30. The van der Waals surface area contributed by atoms with Crippen molar-refractivity contribution < 1.29 is 19.1 Å². The van der Waals surface area contributed by atoms with Gasteiger partial charge < -0.3 is 9.47 Å². The highest BCUT2D eigenvalue weighted by molar-refractivity contribution is 6.26. The fourth-order valence-corrected chi connectivity index (χ4v) is 0.608. The molecule has 4 nitrogen and oxygen atoms in total. The molecule has 0 spiro atoms. The van der Waals surface area contributed by atoms with Gasteiger partial charge in [-0.3, -0.25) is 4.79 Å². The van der Waals surface area contributed by atoms with E-state index in [1.54, 1.807) is 28.6 Å². The van der Waals surface area contributed by atoms with Gasteiger partial charge in [-0.25, -0.2) is 4.79 Å². The Morgan fingerprint density at radius 3 is 2.13 bits per heavy atom. The molecule has 0 aromatic carbocycles. The van der Waals surface area contributed by atoms with Crippen LogP contribution in [0.2, 0.25) is 5.31 Å². The molecule has 0 atom stereocenters. The number of hydrogen-bond donors (Lipinski definition) is 0. The summed E-state index contributed by atoms with van der Waals surface area (Å²) < 4.78 is 9.64. The maximum Gasteiger partial charge on any atom is 0.333 e. The first-order chi connectivity index (χ1) is 6.75. The summed E-state index contributed by atoms with van der Waals surface area (Å²) in [6, 6.07) is 0. The van der Waals surface area contributed by atoms with Gasteiger partial charge in [0, 0.05) is 10.9 Å². The van der Waals surface area contributed by atoms with Crippen LogP contribution in [0, 0.1) is 0 Å². The third-order valence-corrected chi connectivity index (χ3v) is 1.51. The van der Waals surface area contributed by atoms with Crippen LogP contribution in [0.25, 0.3) is 0 Å². The third-order valence-electron chi connectivity index (χ3n) is 1.51. The zero-order valence-electron chi connectivity index (χ0n) is 9.75. The molecule has 0 amide bonds. The van der Waals surface area contributed by atoms with E-state index in [1.807, 2.05) is 0 Å². The summed E-state index contributed by atoms with van der Waals surface area (Å²) in [5.41, 5.74) is 0.331. The van der Waals surface area contributed by atoms with Crippen molar-refractivity contribution in [3.8, 4) is 0 Å². The fraction of sp³-hybridized carbons (Fsp3) is 0.600. The van der Waals surface area contributed by atoms with Gasteiger partial charge in [0.25, 0.3) is 0 Å². The van der Waals surface area contributed by atoms with E-state index in [0.29, 0.717) is 5.57 Å². The monoisotopic (exact) mass is 212 g/mol. The van der Waals surface area contributed by atoms with Crippen LogP contribution >= 0.6 is 0 Å². The zero-order valence-corrected chi connectivity index (χ0v) is 9.75. The Balaban J connectivity index is 3.69. The summed E-state index contributed by atoms with van der Waals surface area (Å²) in [4.78, 5) is 22.2. The molecule has 0 aromatic heterocycles. The molecular formula is C10H17BO4. The number of hydrogen-bond acceptors (Lipinski definition) is 4. The Kier molecular flexibility index (Phi) is 5.12. The van der Waals surface area contributed by atoms with Gasteiger partial charge in [0.15, 0.2) is 0 Å². The topological polar surface area (TPSA) is 52.6 Å². The van der Waals surface area contributed by atoms with E-state index in [9.17, 15) is 9.59 Å². The standard InChI is InChI=1S/C10H17BO4/c1-7(2)8(12)14-5-6-15-9(13)10(3,4)11/h1,5-6,11H2,2-4H3. The predicted molar refractivity (Wildman–Crippen MR) is 59.3 cm³/mol. The van der Waals surface area contributed by atoms with Gasteiger partial charge >= 0.3 is 11.9 Å². The summed E-state index contributed by atoms with van der Waals surface area (Å²) >= 11 is 0. The molecule has 0 saturated carbocycles. The molecule has 5 heteroatoms. The van der Waals surface area contributed by atoms with Gasteiger partial charge in [-0.15, -0.1) is 0 Å². The van der Waals surface area contributed by atoms with Crippen molar-refractivity contribution in [1.29, 1.82) is 0 Å². The highest BCUT2D eigenvalue weighted by Gasteiger charge is 2.22. The molecule has 0 aliphatic heterocycles. The van der Waals surface area contributed by atoms with Crippen LogP contribution in [0.15, 0.2) is 12.2 Å². The number of esters is 2. The molecular weight excluding hydrogens is 195 g/mol. The Bertz CT molecular complexity index is 265. The first kappa shape index (κ1) is 13.7. The average molecular weight is 212 g/mol. The van der Waals surface area contributed by atoms with Crippen molar-refractivity contribution in [2.45, 2.75) is 26.1 Å². The molecule has 0 bridgehead atoms. The number of ether oxygens (including phenoxy) is 2. The normalized spacial score (nSPS) is 10.6. The van der Waals surface area contributed by atoms with Crippen LogP contribution < -0.4 is 0 Å². The second kappa shape index (κ2) is 5.58. The largest absolute Gasteiger partial charge is 0.462 e. The number of rotatable bonds is 5. The summed E-state index contributed by atoms with van der Waals surface area (Å²) in [6.45, 7) is 8.64. The molecule has 0 N–H and O–H groups in total. The number of carbonyl (C=O) groups is 2. The average Bonchev–Trinajstić information content (AvgIpc) is 2.09. The van der Waals surface area contributed by atoms with Crippen LogP contribution in [0.1, 0.15) is 20.8 Å². The highest BCUT2D eigenvalue weighted by atomic mass is 16.6. The van der Waals surface area contributed by atoms with Crippen molar-refractivity contribution in [1.82, 2.24) is 0 Å². The molecule has 0 saturated heterocycles. The maximum absolute atomic E-state index is 11.3. The molecule has 0 aliphatic carbocycles. The van der Waals surface area contributed by atoms with E-state index in [-0.39, 0.29) is 19.2 Å². The van der Waals surface area contributed by atoms with Crippen molar-refractivity contribution in [2.75, 3.05) is 13.2 Å². The molecule has 0 unspecified atom stereocenters. The van der Waals surface area contributed by atoms with Crippen molar-refractivity contribution in [3.05, 3.63) is 12.2 Å². The smallest absolute Gasteiger partial charge is 0.333 e. The Morgan fingerprint density at radius 2 is 1.73 bits per heavy atom. The summed E-state index contributed by atoms with van der Waals surface area (Å²) in [5, 5.41) is -0.529. The SMILES string of the molecule is BC(C)(C)C(=O)OCCOC(=O)C(=C)C. The van der Waals surface area contributed by atoms with Gasteiger partial charge in [-0.05, 0) is 6.92 Å². The van der Waals surface area contributed by atoms with Gasteiger partial charge in [-0.2, -0.15) is 0 Å². The molecule has 0 aliphatic rings. The van der Waals surface area contributed by atoms with E-state index in [2.05, 4.69) is 6.58 Å². The second-order valence-corrected chi connectivity index (χ2v) is 4.30. The van der Waals surface area contributed by atoms with Crippen LogP contribution in [0.3, 0.4) is 0 Å². The zero-order chi connectivity index (χ0) is 12.1.